The molecule has 1 amide bonds. The molecule has 1 aromatic rings. The number of carbonyl (C=O) groups is 2. The Hall–Kier alpha value is -1.99. The highest BCUT2D eigenvalue weighted by Gasteiger charge is 2.54. The van der Waals surface area contributed by atoms with E-state index in [2.05, 4.69) is 9.88 Å². The lowest BCUT2D eigenvalue weighted by atomic mass is 9.61. The van der Waals surface area contributed by atoms with Crippen LogP contribution in [0.2, 0.25) is 0 Å². The average molecular weight is 416 g/mol. The summed E-state index contributed by atoms with van der Waals surface area (Å²) < 4.78 is 11.1. The summed E-state index contributed by atoms with van der Waals surface area (Å²) in [6, 6.07) is 4.11. The van der Waals surface area contributed by atoms with Gasteiger partial charge in [-0.25, -0.2) is 0 Å². The number of pyridine rings is 1. The number of fused-ring (bicyclic) bond motifs is 1. The van der Waals surface area contributed by atoms with Gasteiger partial charge in [-0.15, -0.1) is 0 Å². The Labute approximate surface area is 178 Å². The Balaban J connectivity index is 1.54. The van der Waals surface area contributed by atoms with Gasteiger partial charge in [0.15, 0.2) is 0 Å². The number of aryl methyl sites for hydroxylation is 1. The number of esters is 1. The van der Waals surface area contributed by atoms with E-state index >= 15 is 0 Å². The summed E-state index contributed by atoms with van der Waals surface area (Å²) in [7, 11) is 0. The van der Waals surface area contributed by atoms with Crippen LogP contribution in [0.5, 0.6) is 0 Å². The van der Waals surface area contributed by atoms with Gasteiger partial charge in [0, 0.05) is 44.1 Å². The summed E-state index contributed by atoms with van der Waals surface area (Å²) in [5.41, 5.74) is 0.755. The molecule has 1 saturated carbocycles. The molecule has 7 heteroatoms. The van der Waals surface area contributed by atoms with E-state index in [9.17, 15) is 9.59 Å². The maximum Gasteiger partial charge on any atom is 0.314 e. The third kappa shape index (κ3) is 3.97. The normalized spacial score (nSPS) is 29.9. The smallest absolute Gasteiger partial charge is 0.314 e. The number of hydrogen-bond acceptors (Lipinski definition) is 6. The van der Waals surface area contributed by atoms with Crippen LogP contribution in [0, 0.1) is 18.3 Å². The molecular weight excluding hydrogens is 382 g/mol. The third-order valence-corrected chi connectivity index (χ3v) is 7.25. The second kappa shape index (κ2) is 9.02. The molecule has 0 unspecified atom stereocenters. The number of piperidine rings is 1. The first kappa shape index (κ1) is 21.2. The number of morpholine rings is 1. The van der Waals surface area contributed by atoms with Gasteiger partial charge in [0.25, 0.3) is 5.91 Å². The zero-order valence-corrected chi connectivity index (χ0v) is 18.1. The summed E-state index contributed by atoms with van der Waals surface area (Å²) in [4.78, 5) is 35.1. The number of nitrogens with zero attached hydrogens (tertiary/aromatic N) is 3. The second-order valence-corrected chi connectivity index (χ2v) is 8.80. The molecule has 0 spiro atoms. The molecule has 2 saturated heterocycles. The Morgan fingerprint density at radius 1 is 1.27 bits per heavy atom. The van der Waals surface area contributed by atoms with Crippen LogP contribution < -0.4 is 0 Å². The number of ether oxygens (including phenoxy) is 2. The molecule has 0 bridgehead atoms. The van der Waals surface area contributed by atoms with Gasteiger partial charge in [-0.05, 0) is 57.6 Å². The van der Waals surface area contributed by atoms with E-state index in [0.717, 1.165) is 57.7 Å². The third-order valence-electron chi connectivity index (χ3n) is 7.25. The molecule has 0 aromatic carbocycles. The lowest BCUT2D eigenvalue weighted by molar-refractivity contribution is -0.168. The Morgan fingerprint density at radius 2 is 2.07 bits per heavy atom. The van der Waals surface area contributed by atoms with Crippen LogP contribution in [0.4, 0.5) is 0 Å². The van der Waals surface area contributed by atoms with Gasteiger partial charge in [0.1, 0.15) is 0 Å². The van der Waals surface area contributed by atoms with E-state index < -0.39 is 5.41 Å². The van der Waals surface area contributed by atoms with E-state index in [1.54, 1.807) is 12.3 Å². The van der Waals surface area contributed by atoms with Crippen molar-refractivity contribution in [2.24, 2.45) is 11.3 Å². The van der Waals surface area contributed by atoms with Crippen LogP contribution in [0.15, 0.2) is 18.3 Å². The van der Waals surface area contributed by atoms with Gasteiger partial charge in [-0.1, -0.05) is 0 Å². The Kier molecular flexibility index (Phi) is 6.39. The molecule has 4 rings (SSSR count). The lowest BCUT2D eigenvalue weighted by Crippen LogP contribution is -2.59. The van der Waals surface area contributed by atoms with Crippen molar-refractivity contribution in [2.45, 2.75) is 45.6 Å². The molecule has 3 fully saturated rings. The van der Waals surface area contributed by atoms with Crippen molar-refractivity contribution in [2.75, 3.05) is 46.0 Å². The minimum Gasteiger partial charge on any atom is -0.466 e. The fraction of sp³-hybridized carbons (Fsp3) is 0.696. The molecule has 1 aromatic heterocycles. The molecule has 7 nitrogen and oxygen atoms in total. The quantitative estimate of drug-likeness (QED) is 0.703. The van der Waals surface area contributed by atoms with Gasteiger partial charge in [-0.2, -0.15) is 0 Å². The number of hydrogen-bond donors (Lipinski definition) is 0. The predicted octanol–water partition coefficient (Wildman–Crippen LogP) is 2.29. The van der Waals surface area contributed by atoms with Crippen molar-refractivity contribution >= 4 is 11.9 Å². The minimum atomic E-state index is -0.594. The van der Waals surface area contributed by atoms with Gasteiger partial charge >= 0.3 is 5.97 Å². The van der Waals surface area contributed by atoms with Crippen molar-refractivity contribution in [1.29, 1.82) is 0 Å². The number of likely N-dealkylation sites (tertiary alicyclic amines) is 1. The first-order chi connectivity index (χ1) is 14.5. The summed E-state index contributed by atoms with van der Waals surface area (Å²) >= 11 is 0. The number of amides is 1. The lowest BCUT2D eigenvalue weighted by Gasteiger charge is -2.52. The second-order valence-electron chi connectivity index (χ2n) is 8.80. The number of aromatic nitrogens is 1. The van der Waals surface area contributed by atoms with E-state index in [4.69, 9.17) is 9.47 Å². The maximum atomic E-state index is 13.2. The zero-order chi connectivity index (χ0) is 21.1. The SMILES string of the molecule is CCOC(=O)[C@@]12CC[C@H](N3CCOCC3)C[C@H]1CCN(C(=O)c1cccnc1C)C2. The fourth-order valence-electron chi connectivity index (χ4n) is 5.57. The summed E-state index contributed by atoms with van der Waals surface area (Å²) in [6.07, 6.45) is 5.26. The van der Waals surface area contributed by atoms with Crippen LogP contribution in [0.3, 0.4) is 0 Å². The summed E-state index contributed by atoms with van der Waals surface area (Å²) in [5.74, 6) is 0.0889. The summed E-state index contributed by atoms with van der Waals surface area (Å²) in [5, 5.41) is 0. The van der Waals surface area contributed by atoms with Crippen molar-refractivity contribution in [1.82, 2.24) is 14.8 Å². The largest absolute Gasteiger partial charge is 0.466 e. The van der Waals surface area contributed by atoms with Crippen molar-refractivity contribution < 1.29 is 19.1 Å². The number of carbonyl (C=O) groups excluding carboxylic acids is 2. The van der Waals surface area contributed by atoms with Crippen LogP contribution >= 0.6 is 0 Å². The molecule has 1 aliphatic carbocycles. The van der Waals surface area contributed by atoms with E-state index in [1.165, 1.54) is 0 Å². The Bertz CT molecular complexity index is 779. The number of rotatable bonds is 4. The monoisotopic (exact) mass is 415 g/mol. The van der Waals surface area contributed by atoms with Crippen molar-refractivity contribution in [3.8, 4) is 0 Å². The van der Waals surface area contributed by atoms with Gasteiger partial charge < -0.3 is 14.4 Å². The van der Waals surface area contributed by atoms with E-state index in [0.29, 0.717) is 31.3 Å². The minimum absolute atomic E-state index is 0.0296. The molecule has 3 aliphatic rings. The molecule has 0 radical (unpaired) electrons. The van der Waals surface area contributed by atoms with Gasteiger partial charge in [0.2, 0.25) is 0 Å². The molecule has 2 aliphatic heterocycles. The van der Waals surface area contributed by atoms with Gasteiger partial charge in [-0.3, -0.25) is 19.5 Å². The molecule has 30 heavy (non-hydrogen) atoms. The fourth-order valence-corrected chi connectivity index (χ4v) is 5.57. The van der Waals surface area contributed by atoms with Gasteiger partial charge in [0.05, 0.1) is 30.8 Å². The predicted molar refractivity (Wildman–Crippen MR) is 112 cm³/mol. The van der Waals surface area contributed by atoms with Crippen LogP contribution in [-0.4, -0.2) is 78.7 Å². The Morgan fingerprint density at radius 3 is 2.80 bits per heavy atom. The maximum absolute atomic E-state index is 13.2. The molecule has 164 valence electrons. The topological polar surface area (TPSA) is 72.0 Å². The first-order valence-electron chi connectivity index (χ1n) is 11.2. The first-order valence-corrected chi connectivity index (χ1v) is 11.2. The standard InChI is InChI=1S/C23H33N3O4/c1-3-30-22(28)23-8-6-19(25-11-13-29-14-12-25)15-18(23)7-10-26(16-23)21(27)20-5-4-9-24-17(20)2/h4-5,9,18-19H,3,6-8,10-16H2,1-2H3/t18-,19+,23-/m1/s1. The van der Waals surface area contributed by atoms with E-state index in [-0.39, 0.29) is 17.8 Å². The zero-order valence-electron chi connectivity index (χ0n) is 18.1. The van der Waals surface area contributed by atoms with Crippen molar-refractivity contribution in [3.63, 3.8) is 0 Å². The van der Waals surface area contributed by atoms with Crippen LogP contribution in [0.1, 0.15) is 48.7 Å². The summed E-state index contributed by atoms with van der Waals surface area (Å²) in [6.45, 7) is 8.71. The van der Waals surface area contributed by atoms with Crippen LogP contribution in [-0.2, 0) is 14.3 Å². The average Bonchev–Trinajstić information content (AvgIpc) is 2.79. The highest BCUT2D eigenvalue weighted by atomic mass is 16.5. The van der Waals surface area contributed by atoms with Crippen LogP contribution in [0.25, 0.3) is 0 Å². The molecular formula is C23H33N3O4. The molecule has 3 heterocycles. The molecule has 0 N–H and O–H groups in total. The highest BCUT2D eigenvalue weighted by molar-refractivity contribution is 5.95. The molecule has 3 atom stereocenters. The highest BCUT2D eigenvalue weighted by Crippen LogP contribution is 2.48. The van der Waals surface area contributed by atoms with E-state index in [1.807, 2.05) is 24.8 Å². The van der Waals surface area contributed by atoms with Crippen molar-refractivity contribution in [3.05, 3.63) is 29.6 Å².